The minimum absolute atomic E-state index is 0.0734. The maximum atomic E-state index is 11.5. The molecule has 0 bridgehead atoms. The lowest BCUT2D eigenvalue weighted by atomic mass is 9.90. The summed E-state index contributed by atoms with van der Waals surface area (Å²) >= 11 is 0. The van der Waals surface area contributed by atoms with Gasteiger partial charge in [0.15, 0.2) is 5.79 Å². The second kappa shape index (κ2) is 7.93. The van der Waals surface area contributed by atoms with Gasteiger partial charge in [-0.2, -0.15) is 0 Å². The maximum absolute atomic E-state index is 11.5. The molecule has 6 heteroatoms. The number of nitrogens with one attached hydrogen (secondary N) is 2. The first-order chi connectivity index (χ1) is 9.74. The molecule has 2 rings (SSSR count). The lowest BCUT2D eigenvalue weighted by Crippen LogP contribution is -2.43. The molecule has 1 amide bonds. The van der Waals surface area contributed by atoms with E-state index in [4.69, 9.17) is 14.2 Å². The molecule has 1 spiro atoms. The van der Waals surface area contributed by atoms with E-state index >= 15 is 0 Å². The number of amides is 1. The molecule has 0 unspecified atom stereocenters. The topological polar surface area (TPSA) is 68.8 Å². The number of rotatable bonds is 7. The molecule has 0 aromatic carbocycles. The maximum Gasteiger partial charge on any atom is 0.221 e. The van der Waals surface area contributed by atoms with Crippen LogP contribution < -0.4 is 10.6 Å². The van der Waals surface area contributed by atoms with Crippen LogP contribution in [-0.2, 0) is 19.0 Å². The number of methoxy groups -OCH3 is 1. The Morgan fingerprint density at radius 1 is 1.25 bits per heavy atom. The zero-order valence-electron chi connectivity index (χ0n) is 12.3. The first-order valence-corrected chi connectivity index (χ1v) is 7.51. The Morgan fingerprint density at radius 2 is 1.95 bits per heavy atom. The van der Waals surface area contributed by atoms with E-state index in [0.29, 0.717) is 25.6 Å². The predicted molar refractivity (Wildman–Crippen MR) is 74.4 cm³/mol. The van der Waals surface area contributed by atoms with Crippen molar-refractivity contribution in [1.29, 1.82) is 0 Å². The van der Waals surface area contributed by atoms with Crippen molar-refractivity contribution < 1.29 is 19.0 Å². The van der Waals surface area contributed by atoms with Gasteiger partial charge in [0, 0.05) is 45.5 Å². The Labute approximate surface area is 120 Å². The van der Waals surface area contributed by atoms with Gasteiger partial charge < -0.3 is 24.8 Å². The minimum atomic E-state index is -0.296. The molecule has 1 aliphatic carbocycles. The van der Waals surface area contributed by atoms with Crippen LogP contribution in [0.3, 0.4) is 0 Å². The minimum Gasteiger partial charge on any atom is -0.383 e. The second-order valence-corrected chi connectivity index (χ2v) is 5.43. The van der Waals surface area contributed by atoms with Crippen molar-refractivity contribution in [1.82, 2.24) is 10.6 Å². The van der Waals surface area contributed by atoms with Crippen molar-refractivity contribution in [3.8, 4) is 0 Å². The van der Waals surface area contributed by atoms with E-state index in [9.17, 15) is 4.79 Å². The van der Waals surface area contributed by atoms with E-state index in [2.05, 4.69) is 10.6 Å². The largest absolute Gasteiger partial charge is 0.383 e. The van der Waals surface area contributed by atoms with E-state index in [1.165, 1.54) is 0 Å². The Hall–Kier alpha value is -0.690. The van der Waals surface area contributed by atoms with Crippen LogP contribution in [0.2, 0.25) is 0 Å². The molecule has 1 heterocycles. The molecule has 0 aromatic rings. The molecule has 1 saturated carbocycles. The van der Waals surface area contributed by atoms with E-state index in [-0.39, 0.29) is 11.7 Å². The average molecular weight is 286 g/mol. The number of carbonyl (C=O) groups is 1. The van der Waals surface area contributed by atoms with Gasteiger partial charge in [-0.15, -0.1) is 0 Å². The van der Waals surface area contributed by atoms with Crippen LogP contribution in [0, 0.1) is 0 Å². The standard InChI is InChI=1S/C14H26N2O4/c1-18-9-8-16-13(17)4-7-15-12-2-5-14(6-3-12)19-10-11-20-14/h12,15H,2-11H2,1H3,(H,16,17). The van der Waals surface area contributed by atoms with Gasteiger partial charge >= 0.3 is 0 Å². The number of hydrogen-bond donors (Lipinski definition) is 2. The van der Waals surface area contributed by atoms with E-state index < -0.39 is 0 Å². The highest BCUT2D eigenvalue weighted by atomic mass is 16.7. The molecule has 20 heavy (non-hydrogen) atoms. The predicted octanol–water partition coefficient (Wildman–Crippen LogP) is 0.414. The summed E-state index contributed by atoms with van der Waals surface area (Å²) in [6.07, 6.45) is 4.50. The highest BCUT2D eigenvalue weighted by molar-refractivity contribution is 5.76. The molecule has 0 atom stereocenters. The number of carbonyl (C=O) groups excluding carboxylic acids is 1. The molecule has 116 valence electrons. The highest BCUT2D eigenvalue weighted by Crippen LogP contribution is 2.35. The zero-order chi connectivity index (χ0) is 14.3. The first-order valence-electron chi connectivity index (χ1n) is 7.51. The molecular weight excluding hydrogens is 260 g/mol. The number of ether oxygens (including phenoxy) is 3. The molecule has 0 radical (unpaired) electrons. The van der Waals surface area contributed by atoms with Crippen molar-refractivity contribution in [2.45, 2.75) is 43.9 Å². The second-order valence-electron chi connectivity index (χ2n) is 5.43. The molecule has 1 saturated heterocycles. The van der Waals surface area contributed by atoms with Crippen molar-refractivity contribution >= 4 is 5.91 Å². The fraction of sp³-hybridized carbons (Fsp3) is 0.929. The van der Waals surface area contributed by atoms with E-state index in [1.54, 1.807) is 7.11 Å². The molecule has 6 nitrogen and oxygen atoms in total. The van der Waals surface area contributed by atoms with Crippen molar-refractivity contribution in [2.75, 3.05) is 40.0 Å². The average Bonchev–Trinajstić information content (AvgIpc) is 2.90. The third kappa shape index (κ3) is 4.70. The normalized spacial score (nSPS) is 22.2. The zero-order valence-corrected chi connectivity index (χ0v) is 12.3. The fourth-order valence-electron chi connectivity index (χ4n) is 2.82. The van der Waals surface area contributed by atoms with Gasteiger partial charge in [0.05, 0.1) is 19.8 Å². The smallest absolute Gasteiger partial charge is 0.221 e. The van der Waals surface area contributed by atoms with E-state index in [0.717, 1.165) is 45.4 Å². The molecule has 1 aliphatic heterocycles. The summed E-state index contributed by atoms with van der Waals surface area (Å²) in [7, 11) is 1.63. The van der Waals surface area contributed by atoms with Gasteiger partial charge in [-0.05, 0) is 12.8 Å². The summed E-state index contributed by atoms with van der Waals surface area (Å²) in [5.41, 5.74) is 0. The van der Waals surface area contributed by atoms with Crippen molar-refractivity contribution in [2.24, 2.45) is 0 Å². The van der Waals surface area contributed by atoms with Crippen LogP contribution in [0.4, 0.5) is 0 Å². The molecular formula is C14H26N2O4. The summed E-state index contributed by atoms with van der Waals surface area (Å²) in [5.74, 6) is -0.223. The Morgan fingerprint density at radius 3 is 2.60 bits per heavy atom. The van der Waals surface area contributed by atoms with Crippen LogP contribution in [0.25, 0.3) is 0 Å². The lowest BCUT2D eigenvalue weighted by Gasteiger charge is -2.35. The summed E-state index contributed by atoms with van der Waals surface area (Å²) in [5, 5.41) is 6.26. The van der Waals surface area contributed by atoms with Crippen LogP contribution >= 0.6 is 0 Å². The Kier molecular flexibility index (Phi) is 6.22. The summed E-state index contributed by atoms with van der Waals surface area (Å²) < 4.78 is 16.3. The SMILES string of the molecule is COCCNC(=O)CCNC1CCC2(CC1)OCCO2. The molecule has 2 aliphatic rings. The lowest BCUT2D eigenvalue weighted by molar-refractivity contribution is -0.179. The van der Waals surface area contributed by atoms with Gasteiger partial charge in [0.2, 0.25) is 5.91 Å². The van der Waals surface area contributed by atoms with Crippen molar-refractivity contribution in [3.63, 3.8) is 0 Å². The highest BCUT2D eigenvalue weighted by Gasteiger charge is 2.40. The quantitative estimate of drug-likeness (QED) is 0.664. The van der Waals surface area contributed by atoms with Gasteiger partial charge in [-0.1, -0.05) is 0 Å². The third-order valence-electron chi connectivity index (χ3n) is 3.97. The summed E-state index contributed by atoms with van der Waals surface area (Å²) in [6, 6.07) is 0.472. The van der Waals surface area contributed by atoms with Gasteiger partial charge in [0.25, 0.3) is 0 Å². The monoisotopic (exact) mass is 286 g/mol. The van der Waals surface area contributed by atoms with Gasteiger partial charge in [-0.3, -0.25) is 4.79 Å². The molecule has 0 aromatic heterocycles. The van der Waals surface area contributed by atoms with Crippen LogP contribution in [0.5, 0.6) is 0 Å². The van der Waals surface area contributed by atoms with Crippen LogP contribution in [-0.4, -0.2) is 57.8 Å². The summed E-state index contributed by atoms with van der Waals surface area (Å²) in [6.45, 7) is 3.30. The van der Waals surface area contributed by atoms with Gasteiger partial charge in [0.1, 0.15) is 0 Å². The van der Waals surface area contributed by atoms with Crippen LogP contribution in [0.1, 0.15) is 32.1 Å². The summed E-state index contributed by atoms with van der Waals surface area (Å²) in [4.78, 5) is 11.5. The molecule has 2 fully saturated rings. The first kappa shape index (κ1) is 15.7. The molecule has 2 N–H and O–H groups in total. The Balaban J connectivity index is 1.53. The van der Waals surface area contributed by atoms with Crippen LogP contribution in [0.15, 0.2) is 0 Å². The fourth-order valence-corrected chi connectivity index (χ4v) is 2.82. The Bertz CT molecular complexity index is 296. The van der Waals surface area contributed by atoms with E-state index in [1.807, 2.05) is 0 Å². The van der Waals surface area contributed by atoms with Crippen molar-refractivity contribution in [3.05, 3.63) is 0 Å². The third-order valence-corrected chi connectivity index (χ3v) is 3.97. The number of hydrogen-bond acceptors (Lipinski definition) is 5. The van der Waals surface area contributed by atoms with Gasteiger partial charge in [-0.25, -0.2) is 0 Å².